The summed E-state index contributed by atoms with van der Waals surface area (Å²) in [5.74, 6) is 0.718. The van der Waals surface area contributed by atoms with Crippen LogP contribution in [0, 0.1) is 0 Å². The van der Waals surface area contributed by atoms with E-state index in [1.807, 2.05) is 36.4 Å². The van der Waals surface area contributed by atoms with E-state index in [4.69, 9.17) is 22.5 Å². The van der Waals surface area contributed by atoms with Crippen LogP contribution in [0.15, 0.2) is 47.4 Å². The van der Waals surface area contributed by atoms with Crippen molar-refractivity contribution in [2.24, 2.45) is 0 Å². The molecule has 0 aliphatic carbocycles. The Labute approximate surface area is 115 Å². The van der Waals surface area contributed by atoms with Crippen LogP contribution in [-0.2, 0) is 5.75 Å². The number of hydrogen-bond acceptors (Lipinski definition) is 4. The standard InChI is InChI=1S/C13H13ClN2OS/c14-10-5-6-13(11(15)7-10)18-8-9-3-1-2-4-12(9)16-17/h1-7,16-17H,8,15H2. The number of hydrogen-bond donors (Lipinski definition) is 3. The van der Waals surface area contributed by atoms with Crippen LogP contribution in [0.2, 0.25) is 5.02 Å². The Balaban J connectivity index is 2.11. The first-order chi connectivity index (χ1) is 8.70. The summed E-state index contributed by atoms with van der Waals surface area (Å²) in [7, 11) is 0. The van der Waals surface area contributed by atoms with Crippen LogP contribution in [-0.4, -0.2) is 5.21 Å². The summed E-state index contributed by atoms with van der Waals surface area (Å²) in [6, 6.07) is 13.0. The molecule has 18 heavy (non-hydrogen) atoms. The van der Waals surface area contributed by atoms with Crippen molar-refractivity contribution in [2.45, 2.75) is 10.6 Å². The van der Waals surface area contributed by atoms with Crippen LogP contribution < -0.4 is 11.2 Å². The minimum absolute atomic E-state index is 0.634. The van der Waals surface area contributed by atoms with Crippen molar-refractivity contribution in [3.8, 4) is 0 Å². The lowest BCUT2D eigenvalue weighted by atomic mass is 10.2. The summed E-state index contributed by atoms with van der Waals surface area (Å²) in [6.07, 6.45) is 0. The molecule has 5 heteroatoms. The molecule has 3 nitrogen and oxygen atoms in total. The summed E-state index contributed by atoms with van der Waals surface area (Å²) >= 11 is 7.45. The van der Waals surface area contributed by atoms with Gasteiger partial charge < -0.3 is 5.73 Å². The van der Waals surface area contributed by atoms with Gasteiger partial charge >= 0.3 is 0 Å². The van der Waals surface area contributed by atoms with E-state index >= 15 is 0 Å². The number of thioether (sulfide) groups is 1. The summed E-state index contributed by atoms with van der Waals surface area (Å²) < 4.78 is 0. The maximum atomic E-state index is 9.01. The number of nitrogens with two attached hydrogens (primary N) is 1. The van der Waals surface area contributed by atoms with Crippen molar-refractivity contribution in [3.63, 3.8) is 0 Å². The van der Waals surface area contributed by atoms with Gasteiger partial charge in [0.1, 0.15) is 0 Å². The maximum absolute atomic E-state index is 9.01. The number of anilines is 2. The van der Waals surface area contributed by atoms with Gasteiger partial charge in [-0.05, 0) is 29.8 Å². The third-order valence-electron chi connectivity index (χ3n) is 2.49. The second-order valence-electron chi connectivity index (χ2n) is 3.74. The molecule has 0 aliphatic heterocycles. The van der Waals surface area contributed by atoms with Crippen molar-refractivity contribution in [1.82, 2.24) is 0 Å². The number of para-hydroxylation sites is 1. The van der Waals surface area contributed by atoms with E-state index in [0.717, 1.165) is 16.2 Å². The second kappa shape index (κ2) is 6.00. The van der Waals surface area contributed by atoms with Gasteiger partial charge in [0.15, 0.2) is 0 Å². The zero-order valence-electron chi connectivity index (χ0n) is 9.56. The van der Waals surface area contributed by atoms with Gasteiger partial charge in [-0.15, -0.1) is 11.8 Å². The van der Waals surface area contributed by atoms with Gasteiger partial charge in [-0.1, -0.05) is 29.8 Å². The smallest absolute Gasteiger partial charge is 0.0642 e. The maximum Gasteiger partial charge on any atom is 0.0642 e. The Bertz CT molecular complexity index is 548. The molecule has 0 unspecified atom stereocenters. The molecule has 0 radical (unpaired) electrons. The number of benzene rings is 2. The molecule has 0 saturated heterocycles. The van der Waals surface area contributed by atoms with Gasteiger partial charge in [0.05, 0.1) is 5.69 Å². The lowest BCUT2D eigenvalue weighted by Crippen LogP contribution is -1.95. The SMILES string of the molecule is Nc1cc(Cl)ccc1SCc1ccccc1NO. The molecule has 2 aromatic rings. The number of nitrogens with one attached hydrogen (secondary N) is 1. The van der Waals surface area contributed by atoms with Gasteiger partial charge in [-0.3, -0.25) is 10.7 Å². The Morgan fingerprint density at radius 1 is 1.22 bits per heavy atom. The Morgan fingerprint density at radius 2 is 2.00 bits per heavy atom. The predicted octanol–water partition coefficient (Wildman–Crippen LogP) is 4.02. The molecule has 2 rings (SSSR count). The predicted molar refractivity (Wildman–Crippen MR) is 77.3 cm³/mol. The fourth-order valence-corrected chi connectivity index (χ4v) is 2.69. The molecule has 0 bridgehead atoms. The summed E-state index contributed by atoms with van der Waals surface area (Å²) in [4.78, 5) is 0.979. The zero-order chi connectivity index (χ0) is 13.0. The van der Waals surface area contributed by atoms with Gasteiger partial charge in [0.2, 0.25) is 0 Å². The highest BCUT2D eigenvalue weighted by molar-refractivity contribution is 7.98. The first kappa shape index (κ1) is 13.1. The molecular formula is C13H13ClN2OS. The largest absolute Gasteiger partial charge is 0.398 e. The van der Waals surface area contributed by atoms with Crippen LogP contribution in [0.1, 0.15) is 5.56 Å². The summed E-state index contributed by atoms with van der Waals surface area (Å²) in [6.45, 7) is 0. The molecule has 0 fully saturated rings. The topological polar surface area (TPSA) is 58.3 Å². The van der Waals surface area contributed by atoms with Crippen LogP contribution in [0.25, 0.3) is 0 Å². The van der Waals surface area contributed by atoms with E-state index in [1.165, 1.54) is 0 Å². The molecule has 0 saturated carbocycles. The van der Waals surface area contributed by atoms with Crippen LogP contribution in [0.5, 0.6) is 0 Å². The molecule has 0 atom stereocenters. The highest BCUT2D eigenvalue weighted by Gasteiger charge is 2.04. The first-order valence-corrected chi connectivity index (χ1v) is 6.73. The summed E-state index contributed by atoms with van der Waals surface area (Å²) in [5.41, 5.74) is 10.5. The van der Waals surface area contributed by atoms with Crippen LogP contribution >= 0.6 is 23.4 Å². The van der Waals surface area contributed by atoms with Crippen molar-refractivity contribution in [3.05, 3.63) is 53.1 Å². The van der Waals surface area contributed by atoms with E-state index in [0.29, 0.717) is 16.4 Å². The molecule has 4 N–H and O–H groups in total. The highest BCUT2D eigenvalue weighted by atomic mass is 35.5. The van der Waals surface area contributed by atoms with Crippen molar-refractivity contribution in [1.29, 1.82) is 0 Å². The molecule has 0 heterocycles. The van der Waals surface area contributed by atoms with E-state index in [-0.39, 0.29) is 0 Å². The zero-order valence-corrected chi connectivity index (χ0v) is 11.1. The van der Waals surface area contributed by atoms with Crippen molar-refractivity contribution >= 4 is 34.7 Å². The first-order valence-electron chi connectivity index (χ1n) is 5.36. The lowest BCUT2D eigenvalue weighted by molar-refractivity contribution is 0.388. The molecule has 2 aromatic carbocycles. The molecule has 0 spiro atoms. The lowest BCUT2D eigenvalue weighted by Gasteiger charge is -2.09. The fraction of sp³-hybridized carbons (Fsp3) is 0.0769. The number of rotatable bonds is 4. The molecule has 0 amide bonds. The number of halogens is 1. The summed E-state index contributed by atoms with van der Waals surface area (Å²) in [5, 5.41) is 9.64. The molecule has 0 aliphatic rings. The Hall–Kier alpha value is -1.36. The Morgan fingerprint density at radius 3 is 2.72 bits per heavy atom. The van der Waals surface area contributed by atoms with Gasteiger partial charge in [-0.25, -0.2) is 0 Å². The highest BCUT2D eigenvalue weighted by Crippen LogP contribution is 2.31. The van der Waals surface area contributed by atoms with Crippen LogP contribution in [0.4, 0.5) is 11.4 Å². The van der Waals surface area contributed by atoms with Gasteiger partial charge in [-0.2, -0.15) is 0 Å². The van der Waals surface area contributed by atoms with E-state index < -0.39 is 0 Å². The minimum atomic E-state index is 0.634. The third-order valence-corrected chi connectivity index (χ3v) is 3.87. The van der Waals surface area contributed by atoms with Crippen molar-refractivity contribution < 1.29 is 5.21 Å². The van der Waals surface area contributed by atoms with E-state index in [2.05, 4.69) is 5.48 Å². The van der Waals surface area contributed by atoms with Gasteiger partial charge in [0, 0.05) is 21.4 Å². The average molecular weight is 281 g/mol. The second-order valence-corrected chi connectivity index (χ2v) is 5.19. The monoisotopic (exact) mass is 280 g/mol. The average Bonchev–Trinajstić information content (AvgIpc) is 2.38. The molecular weight excluding hydrogens is 268 g/mol. The molecule has 94 valence electrons. The van der Waals surface area contributed by atoms with E-state index in [1.54, 1.807) is 17.8 Å². The number of nitrogen functional groups attached to an aromatic ring is 1. The van der Waals surface area contributed by atoms with Crippen molar-refractivity contribution in [2.75, 3.05) is 11.2 Å². The van der Waals surface area contributed by atoms with E-state index in [9.17, 15) is 0 Å². The molecule has 0 aromatic heterocycles. The third kappa shape index (κ3) is 3.10. The fourth-order valence-electron chi connectivity index (χ4n) is 1.56. The Kier molecular flexibility index (Phi) is 4.36. The normalized spacial score (nSPS) is 10.3. The quantitative estimate of drug-likeness (QED) is 0.450. The minimum Gasteiger partial charge on any atom is -0.398 e. The van der Waals surface area contributed by atoms with Crippen LogP contribution in [0.3, 0.4) is 0 Å². The van der Waals surface area contributed by atoms with Gasteiger partial charge in [0.25, 0.3) is 0 Å².